The molecule has 32 heavy (non-hydrogen) atoms. The van der Waals surface area contributed by atoms with Crippen molar-refractivity contribution in [3.8, 4) is 5.75 Å². The molecule has 1 aromatic heterocycles. The number of nitrogens with zero attached hydrogens (tertiary/aromatic N) is 2. The predicted molar refractivity (Wildman–Crippen MR) is 122 cm³/mol. The lowest BCUT2D eigenvalue weighted by molar-refractivity contribution is -0.123. The van der Waals surface area contributed by atoms with Crippen LogP contribution in [0.5, 0.6) is 5.75 Å². The lowest BCUT2D eigenvalue weighted by Gasteiger charge is -2.19. The average Bonchev–Trinajstić information content (AvgIpc) is 3.31. The highest BCUT2D eigenvalue weighted by Gasteiger charge is 2.29. The largest absolute Gasteiger partial charge is 0.497 e. The first-order valence-corrected chi connectivity index (χ1v) is 11.9. The van der Waals surface area contributed by atoms with Gasteiger partial charge >= 0.3 is 0 Å². The fraction of sp³-hybridized carbons (Fsp3) is 0.136. The monoisotopic (exact) mass is 468 g/mol. The number of methoxy groups -OCH3 is 1. The lowest BCUT2D eigenvalue weighted by atomic mass is 10.1. The Balaban J connectivity index is 1.59. The summed E-state index contributed by atoms with van der Waals surface area (Å²) in [6.07, 6.45) is 0. The fourth-order valence-electron chi connectivity index (χ4n) is 3.17. The number of amides is 1. The molecule has 0 aliphatic heterocycles. The quantitative estimate of drug-likeness (QED) is 0.411. The predicted octanol–water partition coefficient (Wildman–Crippen LogP) is 3.04. The van der Waals surface area contributed by atoms with Gasteiger partial charge in [0.25, 0.3) is 0 Å². The van der Waals surface area contributed by atoms with E-state index in [1.54, 1.807) is 61.7 Å². The van der Waals surface area contributed by atoms with Crippen LogP contribution < -0.4 is 14.8 Å². The minimum Gasteiger partial charge on any atom is -0.497 e. The van der Waals surface area contributed by atoms with E-state index in [0.717, 1.165) is 17.3 Å². The first kappa shape index (κ1) is 21.9. The van der Waals surface area contributed by atoms with Gasteiger partial charge in [-0.2, -0.15) is 13.5 Å². The van der Waals surface area contributed by atoms with E-state index in [1.165, 1.54) is 6.07 Å². The van der Waals surface area contributed by atoms with Crippen molar-refractivity contribution in [1.29, 1.82) is 0 Å². The summed E-state index contributed by atoms with van der Waals surface area (Å²) in [6, 6.07) is 19.5. The Hall–Kier alpha value is -3.34. The maximum atomic E-state index is 13.2. The highest BCUT2D eigenvalue weighted by molar-refractivity contribution is 7.89. The van der Waals surface area contributed by atoms with E-state index in [9.17, 15) is 13.2 Å². The summed E-state index contributed by atoms with van der Waals surface area (Å²) in [7, 11) is -2.49. The summed E-state index contributed by atoms with van der Waals surface area (Å²) < 4.78 is 42.3. The van der Waals surface area contributed by atoms with Crippen molar-refractivity contribution in [3.63, 3.8) is 0 Å². The molecule has 0 saturated carbocycles. The number of hydrogen-bond acceptors (Lipinski definition) is 7. The van der Waals surface area contributed by atoms with E-state index in [0.29, 0.717) is 16.8 Å². The normalized spacial score (nSPS) is 12.4. The Morgan fingerprint density at radius 3 is 2.47 bits per heavy atom. The van der Waals surface area contributed by atoms with Crippen LogP contribution in [-0.4, -0.2) is 30.2 Å². The molecule has 1 amide bonds. The van der Waals surface area contributed by atoms with Crippen LogP contribution in [0.3, 0.4) is 0 Å². The number of fused-ring (bicyclic) bond motifs is 1. The van der Waals surface area contributed by atoms with E-state index in [2.05, 4.69) is 18.8 Å². The van der Waals surface area contributed by atoms with Crippen LogP contribution in [-0.2, 0) is 21.4 Å². The summed E-state index contributed by atoms with van der Waals surface area (Å²) in [5, 5.41) is 2.81. The first-order valence-electron chi connectivity index (χ1n) is 9.67. The zero-order valence-corrected chi connectivity index (χ0v) is 18.7. The molecule has 0 aliphatic carbocycles. The average molecular weight is 469 g/mol. The summed E-state index contributed by atoms with van der Waals surface area (Å²) in [5.41, 5.74) is 2.13. The second kappa shape index (κ2) is 9.43. The summed E-state index contributed by atoms with van der Waals surface area (Å²) in [6.45, 7) is 0.236. The number of ether oxygens (including phenoxy) is 1. The molecule has 0 radical (unpaired) electrons. The van der Waals surface area contributed by atoms with E-state index in [4.69, 9.17) is 4.74 Å². The van der Waals surface area contributed by atoms with Crippen LogP contribution in [0.25, 0.3) is 11.0 Å². The van der Waals surface area contributed by atoms with Gasteiger partial charge in [0.2, 0.25) is 15.9 Å². The SMILES string of the molecule is COc1ccc(CNC(=O)C(NS(=O)(=O)c2cccc3nsnc23)c2ccccc2)cc1. The van der Waals surface area contributed by atoms with Crippen LogP contribution in [0.1, 0.15) is 17.2 Å². The molecule has 0 spiro atoms. The topological polar surface area (TPSA) is 110 Å². The molecule has 0 fully saturated rings. The summed E-state index contributed by atoms with van der Waals surface area (Å²) in [5.74, 6) is 0.236. The highest BCUT2D eigenvalue weighted by Crippen LogP contribution is 2.24. The third-order valence-corrected chi connectivity index (χ3v) is 6.83. The third kappa shape index (κ3) is 4.77. The molecule has 2 N–H and O–H groups in total. The smallest absolute Gasteiger partial charge is 0.243 e. The van der Waals surface area contributed by atoms with Crippen molar-refractivity contribution in [2.75, 3.05) is 7.11 Å². The Kier molecular flexibility index (Phi) is 6.45. The van der Waals surface area contributed by atoms with Gasteiger partial charge in [-0.1, -0.05) is 48.5 Å². The van der Waals surface area contributed by atoms with Crippen molar-refractivity contribution in [2.45, 2.75) is 17.5 Å². The Morgan fingerprint density at radius 1 is 1.00 bits per heavy atom. The Labute approximate surface area is 189 Å². The maximum absolute atomic E-state index is 13.2. The van der Waals surface area contributed by atoms with Gasteiger partial charge in [0.05, 0.1) is 18.8 Å². The van der Waals surface area contributed by atoms with Gasteiger partial charge in [0, 0.05) is 6.54 Å². The molecule has 10 heteroatoms. The Bertz CT molecular complexity index is 1320. The van der Waals surface area contributed by atoms with Crippen LogP contribution in [0, 0.1) is 0 Å². The minimum absolute atomic E-state index is 0.0207. The molecule has 4 aromatic rings. The summed E-state index contributed by atoms with van der Waals surface area (Å²) in [4.78, 5) is 13.1. The molecule has 1 unspecified atom stereocenters. The van der Waals surface area contributed by atoms with Gasteiger partial charge < -0.3 is 10.1 Å². The standard InChI is InChI=1S/C22H20N4O4S2/c1-30-17-12-10-15(11-13-17)14-23-22(27)20(16-6-3-2-4-7-16)26-32(28,29)19-9-5-8-18-21(19)25-31-24-18/h2-13,20,26H,14H2,1H3,(H,23,27). The van der Waals surface area contributed by atoms with Gasteiger partial charge in [0.1, 0.15) is 27.7 Å². The molecular formula is C22H20N4O4S2. The van der Waals surface area contributed by atoms with Gasteiger partial charge in [-0.15, -0.1) is 0 Å². The molecule has 3 aromatic carbocycles. The number of nitrogens with one attached hydrogen (secondary N) is 2. The van der Waals surface area contributed by atoms with Crippen LogP contribution in [0.4, 0.5) is 0 Å². The van der Waals surface area contributed by atoms with Crippen molar-refractivity contribution in [1.82, 2.24) is 18.8 Å². The van der Waals surface area contributed by atoms with Gasteiger partial charge in [-0.05, 0) is 35.4 Å². The van der Waals surface area contributed by atoms with Crippen molar-refractivity contribution < 1.29 is 17.9 Å². The molecule has 1 heterocycles. The number of benzene rings is 3. The lowest BCUT2D eigenvalue weighted by Crippen LogP contribution is -2.40. The number of carbonyl (C=O) groups is 1. The molecule has 4 rings (SSSR count). The number of carbonyl (C=O) groups excluding carboxylic acids is 1. The highest BCUT2D eigenvalue weighted by atomic mass is 32.2. The molecular weight excluding hydrogens is 448 g/mol. The second-order valence-electron chi connectivity index (χ2n) is 6.92. The van der Waals surface area contributed by atoms with Crippen molar-refractivity contribution in [2.24, 2.45) is 0 Å². The first-order chi connectivity index (χ1) is 15.5. The molecule has 1 atom stereocenters. The summed E-state index contributed by atoms with van der Waals surface area (Å²) >= 11 is 0.933. The molecule has 0 aliphatic rings. The van der Waals surface area contributed by atoms with Crippen LogP contribution in [0.15, 0.2) is 77.7 Å². The van der Waals surface area contributed by atoms with Crippen molar-refractivity contribution in [3.05, 3.63) is 83.9 Å². The number of rotatable bonds is 8. The van der Waals surface area contributed by atoms with Gasteiger partial charge in [0.15, 0.2) is 0 Å². The second-order valence-corrected chi connectivity index (χ2v) is 9.13. The van der Waals surface area contributed by atoms with Crippen LogP contribution >= 0.6 is 11.7 Å². The van der Waals surface area contributed by atoms with Gasteiger partial charge in [-0.25, -0.2) is 8.42 Å². The zero-order valence-electron chi connectivity index (χ0n) is 17.1. The van der Waals surface area contributed by atoms with E-state index in [-0.39, 0.29) is 17.0 Å². The Morgan fingerprint density at radius 2 is 1.75 bits per heavy atom. The molecule has 8 nitrogen and oxygen atoms in total. The fourth-order valence-corrected chi connectivity index (χ4v) is 5.12. The van der Waals surface area contributed by atoms with E-state index < -0.39 is 22.0 Å². The molecule has 164 valence electrons. The van der Waals surface area contributed by atoms with Crippen molar-refractivity contribution >= 4 is 38.7 Å². The number of aromatic nitrogens is 2. The molecule has 0 saturated heterocycles. The van der Waals surface area contributed by atoms with E-state index >= 15 is 0 Å². The maximum Gasteiger partial charge on any atom is 0.243 e. The van der Waals surface area contributed by atoms with Gasteiger partial charge in [-0.3, -0.25) is 4.79 Å². The third-order valence-electron chi connectivity index (χ3n) is 4.83. The van der Waals surface area contributed by atoms with Crippen LogP contribution in [0.2, 0.25) is 0 Å². The minimum atomic E-state index is -4.06. The number of hydrogen-bond donors (Lipinski definition) is 2. The molecule has 0 bridgehead atoms. The zero-order chi connectivity index (χ0) is 22.6. The number of sulfonamides is 1. The van der Waals surface area contributed by atoms with E-state index in [1.807, 2.05) is 12.1 Å².